The molecular formula is C28H29FN4O4. The Labute approximate surface area is 215 Å². The summed E-state index contributed by atoms with van der Waals surface area (Å²) in [6.45, 7) is 2.25. The number of rotatable bonds is 5. The molecule has 0 spiro atoms. The lowest BCUT2D eigenvalue weighted by Gasteiger charge is -2.43. The first-order valence-electron chi connectivity index (χ1n) is 12.1. The molecule has 37 heavy (non-hydrogen) atoms. The molecule has 2 amide bonds. The minimum Gasteiger partial charge on any atom is -0.493 e. The number of fused-ring (bicyclic) bond motifs is 1. The second-order valence-corrected chi connectivity index (χ2v) is 9.21. The number of piperazine rings is 1. The summed E-state index contributed by atoms with van der Waals surface area (Å²) in [6, 6.07) is 13.0. The SMILES string of the molecule is COc1cc2c(cc1OC)[C@H](C(=O)N1CCN(c3ccc(F)cc3)CC1)[C@H](c1cccnc1)N(C)C2=O. The van der Waals surface area contributed by atoms with Gasteiger partial charge in [-0.15, -0.1) is 0 Å². The molecule has 0 unspecified atom stereocenters. The Bertz CT molecular complexity index is 1290. The molecule has 2 atom stereocenters. The van der Waals surface area contributed by atoms with E-state index in [1.54, 1.807) is 54.7 Å². The van der Waals surface area contributed by atoms with Crippen LogP contribution in [0.5, 0.6) is 11.5 Å². The Morgan fingerprint density at radius 1 is 1.00 bits per heavy atom. The maximum absolute atomic E-state index is 14.2. The molecule has 8 nitrogen and oxygen atoms in total. The van der Waals surface area contributed by atoms with E-state index < -0.39 is 12.0 Å². The van der Waals surface area contributed by atoms with Crippen molar-refractivity contribution in [2.75, 3.05) is 52.3 Å². The van der Waals surface area contributed by atoms with E-state index in [0.717, 1.165) is 11.3 Å². The molecule has 1 fully saturated rings. The van der Waals surface area contributed by atoms with Crippen LogP contribution in [0.15, 0.2) is 60.9 Å². The molecule has 1 saturated heterocycles. The summed E-state index contributed by atoms with van der Waals surface area (Å²) in [6.07, 6.45) is 3.37. The van der Waals surface area contributed by atoms with Gasteiger partial charge in [-0.2, -0.15) is 0 Å². The number of nitrogens with zero attached hydrogens (tertiary/aromatic N) is 4. The smallest absolute Gasteiger partial charge is 0.254 e. The third-order valence-corrected chi connectivity index (χ3v) is 7.25. The molecule has 1 aromatic heterocycles. The van der Waals surface area contributed by atoms with E-state index in [0.29, 0.717) is 48.8 Å². The second-order valence-electron chi connectivity index (χ2n) is 9.21. The molecule has 0 aliphatic carbocycles. The lowest BCUT2D eigenvalue weighted by Crippen LogP contribution is -2.53. The lowest BCUT2D eigenvalue weighted by molar-refractivity contribution is -0.134. The van der Waals surface area contributed by atoms with E-state index in [2.05, 4.69) is 9.88 Å². The average molecular weight is 505 g/mol. The second kappa shape index (κ2) is 10.1. The van der Waals surface area contributed by atoms with Crippen LogP contribution in [0.1, 0.15) is 33.4 Å². The van der Waals surface area contributed by atoms with Crippen molar-refractivity contribution in [1.82, 2.24) is 14.8 Å². The summed E-state index contributed by atoms with van der Waals surface area (Å²) in [5, 5.41) is 0. The number of likely N-dealkylation sites (N-methyl/N-ethyl adjacent to an activating group) is 1. The van der Waals surface area contributed by atoms with Crippen LogP contribution >= 0.6 is 0 Å². The average Bonchev–Trinajstić information content (AvgIpc) is 2.94. The molecule has 5 rings (SSSR count). The van der Waals surface area contributed by atoms with Crippen molar-refractivity contribution in [3.8, 4) is 11.5 Å². The number of carbonyl (C=O) groups is 2. The van der Waals surface area contributed by atoms with E-state index in [1.807, 2.05) is 11.0 Å². The number of aromatic nitrogens is 1. The number of methoxy groups -OCH3 is 2. The lowest BCUT2D eigenvalue weighted by atomic mass is 9.79. The highest BCUT2D eigenvalue weighted by Gasteiger charge is 2.45. The predicted molar refractivity (Wildman–Crippen MR) is 137 cm³/mol. The number of benzene rings is 2. The largest absolute Gasteiger partial charge is 0.493 e. The monoisotopic (exact) mass is 504 g/mol. The van der Waals surface area contributed by atoms with E-state index in [4.69, 9.17) is 9.47 Å². The van der Waals surface area contributed by atoms with Crippen molar-refractivity contribution in [2.45, 2.75) is 12.0 Å². The topological polar surface area (TPSA) is 75.2 Å². The Morgan fingerprint density at radius 2 is 1.68 bits per heavy atom. The minimum atomic E-state index is -0.654. The van der Waals surface area contributed by atoms with Gasteiger partial charge < -0.3 is 24.2 Å². The summed E-state index contributed by atoms with van der Waals surface area (Å²) < 4.78 is 24.3. The molecule has 0 saturated carbocycles. The van der Waals surface area contributed by atoms with E-state index >= 15 is 0 Å². The van der Waals surface area contributed by atoms with E-state index in [1.165, 1.54) is 26.4 Å². The first-order chi connectivity index (χ1) is 17.9. The Balaban J connectivity index is 1.51. The van der Waals surface area contributed by atoms with Crippen LogP contribution in [0.4, 0.5) is 10.1 Å². The molecule has 2 aromatic carbocycles. The molecule has 0 bridgehead atoms. The van der Waals surface area contributed by atoms with Crippen molar-refractivity contribution in [2.24, 2.45) is 0 Å². The summed E-state index contributed by atoms with van der Waals surface area (Å²) >= 11 is 0. The van der Waals surface area contributed by atoms with Gasteiger partial charge in [0, 0.05) is 56.9 Å². The van der Waals surface area contributed by atoms with Crippen LogP contribution < -0.4 is 14.4 Å². The third-order valence-electron chi connectivity index (χ3n) is 7.25. The fourth-order valence-electron chi connectivity index (χ4n) is 5.32. The van der Waals surface area contributed by atoms with E-state index in [-0.39, 0.29) is 17.6 Å². The summed E-state index contributed by atoms with van der Waals surface area (Å²) in [4.78, 5) is 37.6. The van der Waals surface area contributed by atoms with Crippen LogP contribution in [0.25, 0.3) is 0 Å². The molecule has 2 aliphatic rings. The highest BCUT2D eigenvalue weighted by atomic mass is 19.1. The van der Waals surface area contributed by atoms with Gasteiger partial charge in [0.05, 0.1) is 26.2 Å². The van der Waals surface area contributed by atoms with Gasteiger partial charge in [-0.3, -0.25) is 14.6 Å². The van der Waals surface area contributed by atoms with Gasteiger partial charge >= 0.3 is 0 Å². The van der Waals surface area contributed by atoms with Gasteiger partial charge in [0.1, 0.15) is 5.82 Å². The molecule has 3 heterocycles. The Kier molecular flexibility index (Phi) is 6.69. The highest BCUT2D eigenvalue weighted by Crippen LogP contribution is 2.46. The van der Waals surface area contributed by atoms with Crippen molar-refractivity contribution in [1.29, 1.82) is 0 Å². The standard InChI is InChI=1S/C28H29FN4O4/c1-31-26(18-5-4-10-30-17-18)25(21-15-23(36-2)24(37-3)16-22(21)27(31)34)28(35)33-13-11-32(12-14-33)20-8-6-19(29)7-9-20/h4-10,15-17,25-26H,11-14H2,1-3H3/t25-,26-/m0/s1. The number of anilines is 1. The Morgan fingerprint density at radius 3 is 2.30 bits per heavy atom. The number of hydrogen-bond donors (Lipinski definition) is 0. The van der Waals surface area contributed by atoms with Crippen molar-refractivity contribution in [3.63, 3.8) is 0 Å². The minimum absolute atomic E-state index is 0.0690. The first kappa shape index (κ1) is 24.5. The van der Waals surface area contributed by atoms with Gasteiger partial charge in [-0.25, -0.2) is 4.39 Å². The number of hydrogen-bond acceptors (Lipinski definition) is 6. The Hall–Kier alpha value is -4.14. The maximum atomic E-state index is 14.2. The first-order valence-corrected chi connectivity index (χ1v) is 12.1. The van der Waals surface area contributed by atoms with E-state index in [9.17, 15) is 14.0 Å². The van der Waals surface area contributed by atoms with Crippen LogP contribution in [0.2, 0.25) is 0 Å². The zero-order valence-electron chi connectivity index (χ0n) is 21.1. The molecule has 0 N–H and O–H groups in total. The molecule has 192 valence electrons. The molecule has 2 aliphatic heterocycles. The number of pyridine rings is 1. The fraction of sp³-hybridized carbons (Fsp3) is 0.321. The quantitative estimate of drug-likeness (QED) is 0.530. The summed E-state index contributed by atoms with van der Waals surface area (Å²) in [5.41, 5.74) is 2.73. The zero-order valence-corrected chi connectivity index (χ0v) is 21.1. The van der Waals surface area contributed by atoms with Crippen molar-refractivity contribution < 1.29 is 23.5 Å². The highest BCUT2D eigenvalue weighted by molar-refractivity contribution is 6.02. The number of amides is 2. The normalized spacial score (nSPS) is 19.5. The van der Waals surface area contributed by atoms with Crippen LogP contribution in [-0.2, 0) is 4.79 Å². The maximum Gasteiger partial charge on any atom is 0.254 e. The van der Waals surface area contributed by atoms with Crippen LogP contribution in [-0.4, -0.2) is 74.0 Å². The third kappa shape index (κ3) is 4.45. The summed E-state index contributed by atoms with van der Waals surface area (Å²) in [5.74, 6) is -0.306. The van der Waals surface area contributed by atoms with Crippen LogP contribution in [0.3, 0.4) is 0 Å². The van der Waals surface area contributed by atoms with Gasteiger partial charge in [-0.1, -0.05) is 6.07 Å². The number of halogens is 1. The van der Waals surface area contributed by atoms with Gasteiger partial charge in [-0.05, 0) is 53.6 Å². The number of ether oxygens (including phenoxy) is 2. The molecule has 9 heteroatoms. The fourth-order valence-corrected chi connectivity index (χ4v) is 5.32. The molecule has 3 aromatic rings. The molecule has 0 radical (unpaired) electrons. The summed E-state index contributed by atoms with van der Waals surface area (Å²) in [7, 11) is 4.76. The van der Waals surface area contributed by atoms with Gasteiger partial charge in [0.15, 0.2) is 11.5 Å². The number of carbonyl (C=O) groups excluding carboxylic acids is 2. The predicted octanol–water partition coefficient (Wildman–Crippen LogP) is 3.50. The van der Waals surface area contributed by atoms with Crippen molar-refractivity contribution >= 4 is 17.5 Å². The van der Waals surface area contributed by atoms with Gasteiger partial charge in [0.2, 0.25) is 5.91 Å². The van der Waals surface area contributed by atoms with Crippen LogP contribution in [0, 0.1) is 5.82 Å². The van der Waals surface area contributed by atoms with Crippen molar-refractivity contribution in [3.05, 3.63) is 83.4 Å². The van der Waals surface area contributed by atoms with Gasteiger partial charge in [0.25, 0.3) is 5.91 Å². The zero-order chi connectivity index (χ0) is 26.1. The molecular weight excluding hydrogens is 475 g/mol.